The summed E-state index contributed by atoms with van der Waals surface area (Å²) in [4.78, 5) is 26.1. The number of nitrogens with zero attached hydrogens (tertiary/aromatic N) is 1. The number of amides is 2. The van der Waals surface area contributed by atoms with Gasteiger partial charge < -0.3 is 10.6 Å². The van der Waals surface area contributed by atoms with Gasteiger partial charge in [-0.1, -0.05) is 44.2 Å². The lowest BCUT2D eigenvalue weighted by atomic mass is 9.94. The molecule has 1 saturated carbocycles. The van der Waals surface area contributed by atoms with Crippen LogP contribution >= 0.6 is 0 Å². The number of nitrogens with two attached hydrogens (primary N) is 1. The van der Waals surface area contributed by atoms with Crippen molar-refractivity contribution in [1.82, 2.24) is 4.90 Å². The van der Waals surface area contributed by atoms with Gasteiger partial charge in [-0.05, 0) is 37.2 Å². The topological polar surface area (TPSA) is 63.4 Å². The smallest absolute Gasteiger partial charge is 0.238 e. The van der Waals surface area contributed by atoms with Gasteiger partial charge in [-0.25, -0.2) is 0 Å². The first kappa shape index (κ1) is 16.5. The zero-order valence-corrected chi connectivity index (χ0v) is 13.7. The predicted octanol–water partition coefficient (Wildman–Crippen LogP) is 2.89. The normalized spacial score (nSPS) is 17.1. The van der Waals surface area contributed by atoms with Gasteiger partial charge in [-0.3, -0.25) is 9.59 Å². The van der Waals surface area contributed by atoms with Crippen molar-refractivity contribution in [3.05, 3.63) is 35.9 Å². The Morgan fingerprint density at radius 1 is 1.18 bits per heavy atom. The van der Waals surface area contributed by atoms with Gasteiger partial charge in [-0.15, -0.1) is 0 Å². The summed E-state index contributed by atoms with van der Waals surface area (Å²) in [7, 11) is 1.79. The van der Waals surface area contributed by atoms with E-state index < -0.39 is 11.3 Å². The first-order valence-corrected chi connectivity index (χ1v) is 8.00. The average Bonchev–Trinajstić information content (AvgIpc) is 3.29. The van der Waals surface area contributed by atoms with E-state index in [0.717, 1.165) is 18.4 Å². The van der Waals surface area contributed by atoms with Crippen molar-refractivity contribution in [3.63, 3.8) is 0 Å². The molecule has 0 bridgehead atoms. The molecule has 0 spiro atoms. The van der Waals surface area contributed by atoms with Crippen molar-refractivity contribution in [3.8, 4) is 0 Å². The van der Waals surface area contributed by atoms with Gasteiger partial charge in [0.15, 0.2) is 0 Å². The average molecular weight is 302 g/mol. The lowest BCUT2D eigenvalue weighted by Crippen LogP contribution is -2.43. The van der Waals surface area contributed by atoms with Crippen molar-refractivity contribution < 1.29 is 9.59 Å². The Balaban J connectivity index is 2.21. The van der Waals surface area contributed by atoms with E-state index in [9.17, 15) is 9.59 Å². The monoisotopic (exact) mass is 302 g/mol. The highest BCUT2D eigenvalue weighted by Gasteiger charge is 2.57. The molecule has 1 aliphatic carbocycles. The van der Waals surface area contributed by atoms with Crippen molar-refractivity contribution in [2.75, 3.05) is 7.05 Å². The van der Waals surface area contributed by atoms with E-state index in [1.807, 2.05) is 30.3 Å². The standard InChI is InChI=1S/C18H26N2O2/c1-13(2)9-10-15(14-7-5-4-6-8-14)20(3)17(22)18(11-12-18)16(19)21/h4-8,13,15H,9-12H2,1-3H3,(H2,19,21)/t15-/m1/s1. The Bertz CT molecular complexity index is 535. The highest BCUT2D eigenvalue weighted by molar-refractivity contribution is 6.07. The maximum absolute atomic E-state index is 12.8. The maximum atomic E-state index is 12.8. The lowest BCUT2D eigenvalue weighted by Gasteiger charge is -2.31. The molecule has 0 saturated heterocycles. The zero-order valence-electron chi connectivity index (χ0n) is 13.7. The summed E-state index contributed by atoms with van der Waals surface area (Å²) in [6.45, 7) is 4.35. The molecular weight excluding hydrogens is 276 g/mol. The highest BCUT2D eigenvalue weighted by atomic mass is 16.2. The number of hydrogen-bond donors (Lipinski definition) is 1. The van der Waals surface area contributed by atoms with Gasteiger partial charge in [0.25, 0.3) is 0 Å². The molecule has 2 rings (SSSR count). The van der Waals surface area contributed by atoms with Crippen LogP contribution in [0.25, 0.3) is 0 Å². The first-order valence-electron chi connectivity index (χ1n) is 8.00. The fraction of sp³-hybridized carbons (Fsp3) is 0.556. The van der Waals surface area contributed by atoms with Crippen LogP contribution in [0.15, 0.2) is 30.3 Å². The Hall–Kier alpha value is -1.84. The molecule has 1 aromatic rings. The quantitative estimate of drug-likeness (QED) is 0.787. The van der Waals surface area contributed by atoms with Crippen LogP contribution in [0.4, 0.5) is 0 Å². The molecule has 4 nitrogen and oxygen atoms in total. The van der Waals surface area contributed by atoms with Gasteiger partial charge in [0.1, 0.15) is 5.41 Å². The SMILES string of the molecule is CC(C)CC[C@H](c1ccccc1)N(C)C(=O)C1(C(N)=O)CC1. The van der Waals surface area contributed by atoms with Gasteiger partial charge in [-0.2, -0.15) is 0 Å². The third kappa shape index (κ3) is 3.32. The summed E-state index contributed by atoms with van der Waals surface area (Å²) >= 11 is 0. The Kier molecular flexibility index (Phi) is 4.89. The van der Waals surface area contributed by atoms with E-state index >= 15 is 0 Å². The van der Waals surface area contributed by atoms with Crippen molar-refractivity contribution in [1.29, 1.82) is 0 Å². The number of primary amides is 1. The Morgan fingerprint density at radius 2 is 1.77 bits per heavy atom. The second-order valence-corrected chi connectivity index (χ2v) is 6.76. The summed E-state index contributed by atoms with van der Waals surface area (Å²) in [5.41, 5.74) is 5.61. The van der Waals surface area contributed by atoms with Crippen LogP contribution in [-0.4, -0.2) is 23.8 Å². The van der Waals surface area contributed by atoms with E-state index in [1.54, 1.807) is 11.9 Å². The minimum Gasteiger partial charge on any atom is -0.369 e. The molecular formula is C18H26N2O2. The molecule has 120 valence electrons. The second kappa shape index (κ2) is 6.51. The fourth-order valence-electron chi connectivity index (χ4n) is 2.92. The van der Waals surface area contributed by atoms with E-state index in [-0.39, 0.29) is 11.9 Å². The van der Waals surface area contributed by atoms with E-state index in [4.69, 9.17) is 5.73 Å². The third-order valence-electron chi connectivity index (χ3n) is 4.62. The third-order valence-corrected chi connectivity index (χ3v) is 4.62. The van der Waals surface area contributed by atoms with Crippen molar-refractivity contribution in [2.45, 2.75) is 45.6 Å². The summed E-state index contributed by atoms with van der Waals surface area (Å²) in [5, 5.41) is 0. The largest absolute Gasteiger partial charge is 0.369 e. The van der Waals surface area contributed by atoms with Gasteiger partial charge in [0, 0.05) is 7.05 Å². The van der Waals surface area contributed by atoms with Crippen LogP contribution < -0.4 is 5.73 Å². The van der Waals surface area contributed by atoms with Crippen LogP contribution in [0.5, 0.6) is 0 Å². The molecule has 0 unspecified atom stereocenters. The number of benzene rings is 1. The van der Waals surface area contributed by atoms with Crippen molar-refractivity contribution in [2.24, 2.45) is 17.1 Å². The molecule has 2 N–H and O–H groups in total. The molecule has 0 aromatic heterocycles. The van der Waals surface area contributed by atoms with E-state index in [0.29, 0.717) is 18.8 Å². The summed E-state index contributed by atoms with van der Waals surface area (Å²) in [6.07, 6.45) is 3.08. The number of hydrogen-bond acceptors (Lipinski definition) is 2. The number of carbonyl (C=O) groups excluding carboxylic acids is 2. The lowest BCUT2D eigenvalue weighted by molar-refractivity contribution is -0.143. The molecule has 2 amide bonds. The van der Waals surface area contributed by atoms with Gasteiger partial charge >= 0.3 is 0 Å². The molecule has 1 aliphatic rings. The predicted molar refractivity (Wildman–Crippen MR) is 86.9 cm³/mol. The summed E-state index contributed by atoms with van der Waals surface area (Å²) in [6, 6.07) is 10.0. The van der Waals surface area contributed by atoms with Crippen molar-refractivity contribution >= 4 is 11.8 Å². The number of carbonyl (C=O) groups is 2. The second-order valence-electron chi connectivity index (χ2n) is 6.76. The zero-order chi connectivity index (χ0) is 16.3. The summed E-state index contributed by atoms with van der Waals surface area (Å²) < 4.78 is 0. The van der Waals surface area contributed by atoms with Crippen LogP contribution in [0.3, 0.4) is 0 Å². The summed E-state index contributed by atoms with van der Waals surface area (Å²) in [5.74, 6) is -0.0432. The van der Waals surface area contributed by atoms with Crippen LogP contribution in [0.2, 0.25) is 0 Å². The molecule has 0 aliphatic heterocycles. The first-order chi connectivity index (χ1) is 10.4. The number of rotatable bonds is 7. The fourth-order valence-corrected chi connectivity index (χ4v) is 2.92. The Morgan fingerprint density at radius 3 is 2.23 bits per heavy atom. The van der Waals surface area contributed by atoms with E-state index in [1.165, 1.54) is 0 Å². The highest BCUT2D eigenvalue weighted by Crippen LogP contribution is 2.48. The molecule has 1 fully saturated rings. The minimum atomic E-state index is -0.945. The molecule has 1 atom stereocenters. The van der Waals surface area contributed by atoms with Crippen LogP contribution in [0.1, 0.15) is 51.1 Å². The maximum Gasteiger partial charge on any atom is 0.238 e. The van der Waals surface area contributed by atoms with Crippen LogP contribution in [-0.2, 0) is 9.59 Å². The molecule has 22 heavy (non-hydrogen) atoms. The molecule has 0 heterocycles. The molecule has 0 radical (unpaired) electrons. The Labute approximate surface area is 132 Å². The van der Waals surface area contributed by atoms with Gasteiger partial charge in [0.2, 0.25) is 11.8 Å². The van der Waals surface area contributed by atoms with Gasteiger partial charge in [0.05, 0.1) is 6.04 Å². The van der Waals surface area contributed by atoms with E-state index in [2.05, 4.69) is 13.8 Å². The molecule has 4 heteroatoms. The molecule has 1 aromatic carbocycles. The minimum absolute atomic E-state index is 0.00655. The van der Waals surface area contributed by atoms with Crippen LogP contribution in [0, 0.1) is 11.3 Å².